The first-order valence-corrected chi connectivity index (χ1v) is 4.81. The van der Waals surface area contributed by atoms with E-state index in [1.54, 1.807) is 0 Å². The molecule has 1 rings (SSSR count). The Bertz CT molecular complexity index is 264. The van der Waals surface area contributed by atoms with Gasteiger partial charge in [0.05, 0.1) is 0 Å². The highest BCUT2D eigenvalue weighted by atomic mass is 31.0. The van der Waals surface area contributed by atoms with Crippen molar-refractivity contribution in [2.45, 2.75) is 20.8 Å². The van der Waals surface area contributed by atoms with Gasteiger partial charge in [0.1, 0.15) is 0 Å². The molecule has 0 fully saturated rings. The molecule has 11 heavy (non-hydrogen) atoms. The van der Waals surface area contributed by atoms with Crippen molar-refractivity contribution in [1.29, 1.82) is 0 Å². The molecule has 0 bridgehead atoms. The number of aryl methyl sites for hydroxylation is 2. The van der Waals surface area contributed by atoms with Gasteiger partial charge in [0.25, 0.3) is 0 Å². The Morgan fingerprint density at radius 2 is 1.45 bits per heavy atom. The first kappa shape index (κ1) is 9.17. The highest BCUT2D eigenvalue weighted by Crippen LogP contribution is 2.10. The van der Waals surface area contributed by atoms with E-state index in [9.17, 15) is 0 Å². The van der Waals surface area contributed by atoms with Gasteiger partial charge in [-0.2, -0.15) is 0 Å². The summed E-state index contributed by atoms with van der Waals surface area (Å²) in [4.78, 5) is 0. The molecule has 0 radical (unpaired) electrons. The summed E-state index contributed by atoms with van der Waals surface area (Å²) < 4.78 is 0. The summed E-state index contributed by atoms with van der Waals surface area (Å²) in [6.07, 6.45) is 0. The van der Waals surface area contributed by atoms with Crippen molar-refractivity contribution in [3.63, 3.8) is 0 Å². The molecule has 0 aromatic heterocycles. The number of benzene rings is 1. The molecule has 1 aromatic rings. The van der Waals surface area contributed by atoms with E-state index in [0.29, 0.717) is 0 Å². The van der Waals surface area contributed by atoms with Crippen LogP contribution in [-0.2, 0) is 0 Å². The molecule has 0 aliphatic rings. The van der Waals surface area contributed by atoms with Crippen LogP contribution >= 0.6 is 18.5 Å². The molecule has 0 heterocycles. The molecule has 0 N–H and O–H groups in total. The van der Waals surface area contributed by atoms with Gasteiger partial charge in [0, 0.05) is 0 Å². The predicted octanol–water partition coefficient (Wildman–Crippen LogP) is 1.61. The van der Waals surface area contributed by atoms with E-state index in [2.05, 4.69) is 45.3 Å². The van der Waals surface area contributed by atoms with Gasteiger partial charge in [-0.15, -0.1) is 18.5 Å². The Hall–Kier alpha value is 0.0800. The Kier molecular flexibility index (Phi) is 2.68. The van der Waals surface area contributed by atoms with E-state index in [-0.39, 0.29) is 0 Å². The maximum absolute atomic E-state index is 2.79. The molecule has 0 aliphatic carbocycles. The second-order valence-corrected chi connectivity index (χ2v) is 4.12. The molecule has 1 aromatic carbocycles. The first-order chi connectivity index (χ1) is 5.04. The van der Waals surface area contributed by atoms with Gasteiger partial charge >= 0.3 is 0 Å². The fourth-order valence-corrected chi connectivity index (χ4v) is 1.89. The molecule has 2 atom stereocenters. The lowest BCUT2D eigenvalue weighted by Gasteiger charge is -2.10. The Balaban J connectivity index is 3.46. The van der Waals surface area contributed by atoms with E-state index in [1.165, 1.54) is 27.3 Å². The van der Waals surface area contributed by atoms with Crippen molar-refractivity contribution in [2.75, 3.05) is 0 Å². The van der Waals surface area contributed by atoms with Gasteiger partial charge in [-0.25, -0.2) is 0 Å². The smallest absolute Gasteiger partial charge is 0.0197 e. The van der Waals surface area contributed by atoms with Gasteiger partial charge in [-0.05, 0) is 48.1 Å². The van der Waals surface area contributed by atoms with Crippen molar-refractivity contribution >= 4 is 29.1 Å². The summed E-state index contributed by atoms with van der Waals surface area (Å²) in [5, 5.41) is 2.64. The standard InChI is InChI=1S/C9H14P2/c1-5-4-6(2)8(10)9(11)7(5)3/h4H,10-11H2,1-3H3. The van der Waals surface area contributed by atoms with E-state index in [4.69, 9.17) is 0 Å². The molecular formula is C9H14P2. The minimum absolute atomic E-state index is 1.32. The van der Waals surface area contributed by atoms with Crippen LogP contribution < -0.4 is 10.6 Å². The molecule has 0 saturated carbocycles. The van der Waals surface area contributed by atoms with Crippen LogP contribution in [0, 0.1) is 20.8 Å². The van der Waals surface area contributed by atoms with Gasteiger partial charge in [0.2, 0.25) is 0 Å². The van der Waals surface area contributed by atoms with E-state index in [1.807, 2.05) is 0 Å². The normalized spacial score (nSPS) is 10.3. The van der Waals surface area contributed by atoms with Crippen molar-refractivity contribution in [3.8, 4) is 0 Å². The van der Waals surface area contributed by atoms with Crippen LogP contribution in [0.1, 0.15) is 16.7 Å². The zero-order valence-corrected chi connectivity index (χ0v) is 9.54. The minimum Gasteiger partial charge on any atom is -0.105 e. The summed E-state index contributed by atoms with van der Waals surface area (Å²) in [7, 11) is 5.57. The lowest BCUT2D eigenvalue weighted by molar-refractivity contribution is 1.34. The summed E-state index contributed by atoms with van der Waals surface area (Å²) in [5.74, 6) is 0. The maximum atomic E-state index is 2.79. The van der Waals surface area contributed by atoms with Crippen LogP contribution in [0.15, 0.2) is 6.07 Å². The van der Waals surface area contributed by atoms with E-state index >= 15 is 0 Å². The monoisotopic (exact) mass is 184 g/mol. The van der Waals surface area contributed by atoms with Crippen LogP contribution in [0.5, 0.6) is 0 Å². The Morgan fingerprint density at radius 3 is 2.00 bits per heavy atom. The van der Waals surface area contributed by atoms with Gasteiger partial charge < -0.3 is 0 Å². The minimum atomic E-state index is 1.32. The van der Waals surface area contributed by atoms with E-state index in [0.717, 1.165) is 0 Å². The lowest BCUT2D eigenvalue weighted by atomic mass is 10.1. The average Bonchev–Trinajstić information content (AvgIpc) is 1.97. The van der Waals surface area contributed by atoms with Crippen LogP contribution in [0.4, 0.5) is 0 Å². The molecule has 0 amide bonds. The molecule has 0 saturated heterocycles. The number of hydrogen-bond acceptors (Lipinski definition) is 0. The average molecular weight is 184 g/mol. The number of hydrogen-bond donors (Lipinski definition) is 0. The highest BCUT2D eigenvalue weighted by molar-refractivity contribution is 7.36. The third kappa shape index (κ3) is 1.63. The molecule has 2 unspecified atom stereocenters. The lowest BCUT2D eigenvalue weighted by Crippen LogP contribution is -2.18. The quantitative estimate of drug-likeness (QED) is 0.537. The summed E-state index contributed by atoms with van der Waals surface area (Å²) in [5.41, 5.74) is 4.10. The summed E-state index contributed by atoms with van der Waals surface area (Å²) >= 11 is 0. The summed E-state index contributed by atoms with van der Waals surface area (Å²) in [6, 6.07) is 2.23. The van der Waals surface area contributed by atoms with Crippen LogP contribution in [-0.4, -0.2) is 0 Å². The summed E-state index contributed by atoms with van der Waals surface area (Å²) in [6.45, 7) is 6.45. The molecule has 0 spiro atoms. The fraction of sp³-hybridized carbons (Fsp3) is 0.333. The Labute approximate surface area is 73.2 Å². The third-order valence-corrected chi connectivity index (χ3v) is 3.99. The third-order valence-electron chi connectivity index (χ3n) is 2.14. The zero-order chi connectivity index (χ0) is 8.59. The fourth-order valence-electron chi connectivity index (χ4n) is 1.14. The molecule has 0 nitrogen and oxygen atoms in total. The largest absolute Gasteiger partial charge is 0.105 e. The van der Waals surface area contributed by atoms with Crippen molar-refractivity contribution in [2.24, 2.45) is 0 Å². The highest BCUT2D eigenvalue weighted by Gasteiger charge is 2.02. The maximum Gasteiger partial charge on any atom is -0.0197 e. The van der Waals surface area contributed by atoms with Crippen molar-refractivity contribution in [3.05, 3.63) is 22.8 Å². The second-order valence-electron chi connectivity index (χ2n) is 2.96. The predicted molar refractivity (Wildman–Crippen MR) is 59.3 cm³/mol. The topological polar surface area (TPSA) is 0 Å². The van der Waals surface area contributed by atoms with E-state index < -0.39 is 0 Å². The molecule has 2 heteroatoms. The van der Waals surface area contributed by atoms with Gasteiger partial charge in [0.15, 0.2) is 0 Å². The molecule has 0 aliphatic heterocycles. The van der Waals surface area contributed by atoms with Crippen LogP contribution in [0.25, 0.3) is 0 Å². The van der Waals surface area contributed by atoms with Crippen molar-refractivity contribution < 1.29 is 0 Å². The van der Waals surface area contributed by atoms with Gasteiger partial charge in [-0.3, -0.25) is 0 Å². The molecular weight excluding hydrogens is 170 g/mol. The van der Waals surface area contributed by atoms with Crippen molar-refractivity contribution in [1.82, 2.24) is 0 Å². The van der Waals surface area contributed by atoms with Crippen LogP contribution in [0.2, 0.25) is 0 Å². The Morgan fingerprint density at radius 1 is 0.909 bits per heavy atom. The second kappa shape index (κ2) is 3.21. The SMILES string of the molecule is Cc1cc(C)c(P)c(P)c1C. The number of rotatable bonds is 0. The first-order valence-electron chi connectivity index (χ1n) is 3.65. The van der Waals surface area contributed by atoms with Gasteiger partial charge in [-0.1, -0.05) is 6.07 Å². The van der Waals surface area contributed by atoms with Crippen LogP contribution in [0.3, 0.4) is 0 Å². The zero-order valence-electron chi connectivity index (χ0n) is 7.23. The molecule has 60 valence electrons.